The highest BCUT2D eigenvalue weighted by Gasteiger charge is 2.41. The molecule has 106 valence electrons. The van der Waals surface area contributed by atoms with Gasteiger partial charge in [0.25, 0.3) is 0 Å². The summed E-state index contributed by atoms with van der Waals surface area (Å²) in [6.45, 7) is 4.99. The van der Waals surface area contributed by atoms with Crippen LogP contribution in [-0.2, 0) is 0 Å². The predicted octanol–water partition coefficient (Wildman–Crippen LogP) is 3.34. The van der Waals surface area contributed by atoms with Crippen LogP contribution in [0.4, 0.5) is 4.39 Å². The Balaban J connectivity index is 2.23. The third kappa shape index (κ3) is 2.67. The quantitative estimate of drug-likeness (QED) is 0.903. The van der Waals surface area contributed by atoms with Gasteiger partial charge >= 0.3 is 0 Å². The summed E-state index contributed by atoms with van der Waals surface area (Å²) >= 11 is 0. The van der Waals surface area contributed by atoms with Gasteiger partial charge in [0.2, 0.25) is 0 Å². The molecule has 0 saturated heterocycles. The highest BCUT2D eigenvalue weighted by Crippen LogP contribution is 2.41. The summed E-state index contributed by atoms with van der Waals surface area (Å²) in [6, 6.07) is 7.09. The van der Waals surface area contributed by atoms with Crippen LogP contribution in [-0.4, -0.2) is 24.0 Å². The van der Waals surface area contributed by atoms with E-state index in [2.05, 4.69) is 25.8 Å². The van der Waals surface area contributed by atoms with Gasteiger partial charge in [-0.1, -0.05) is 25.1 Å². The van der Waals surface area contributed by atoms with Crippen LogP contribution in [0.1, 0.15) is 44.7 Å². The lowest BCUT2D eigenvalue weighted by molar-refractivity contribution is 0.0846. The van der Waals surface area contributed by atoms with Crippen LogP contribution in [0.25, 0.3) is 0 Å². The second kappa shape index (κ2) is 5.59. The molecule has 2 rings (SSSR count). The van der Waals surface area contributed by atoms with Crippen LogP contribution in [0.2, 0.25) is 0 Å². The van der Waals surface area contributed by atoms with Gasteiger partial charge in [0.15, 0.2) is 0 Å². The number of hydrogen-bond acceptors (Lipinski definition) is 2. The predicted molar refractivity (Wildman–Crippen MR) is 77.4 cm³/mol. The van der Waals surface area contributed by atoms with Gasteiger partial charge < -0.3 is 5.73 Å². The second-order valence-electron chi connectivity index (χ2n) is 6.08. The fourth-order valence-electron chi connectivity index (χ4n) is 3.45. The van der Waals surface area contributed by atoms with E-state index in [9.17, 15) is 4.39 Å². The normalized spacial score (nSPS) is 28.8. The maximum absolute atomic E-state index is 13.9. The standard InChI is InChI=1S/C16H25FN2/c1-12-8-9-16(10-12,11-18)19(3)13(2)14-6-4-5-7-15(14)17/h4-7,12-13H,8-11,18H2,1-3H3. The molecule has 1 aliphatic rings. The molecule has 2 N–H and O–H groups in total. The zero-order chi connectivity index (χ0) is 14.0. The van der Waals surface area contributed by atoms with E-state index in [1.54, 1.807) is 6.07 Å². The van der Waals surface area contributed by atoms with Crippen molar-refractivity contribution in [2.45, 2.75) is 44.7 Å². The van der Waals surface area contributed by atoms with Gasteiger partial charge in [-0.25, -0.2) is 4.39 Å². The molecule has 2 nitrogen and oxygen atoms in total. The Morgan fingerprint density at radius 1 is 1.47 bits per heavy atom. The number of rotatable bonds is 4. The zero-order valence-electron chi connectivity index (χ0n) is 12.2. The van der Waals surface area contributed by atoms with Crippen molar-refractivity contribution < 1.29 is 4.39 Å². The molecule has 1 fully saturated rings. The lowest BCUT2D eigenvalue weighted by Crippen LogP contribution is -2.51. The van der Waals surface area contributed by atoms with Crippen LogP contribution in [0, 0.1) is 11.7 Å². The number of benzene rings is 1. The van der Waals surface area contributed by atoms with Crippen molar-refractivity contribution in [1.29, 1.82) is 0 Å². The molecule has 3 atom stereocenters. The first kappa shape index (κ1) is 14.5. The molecule has 1 aliphatic carbocycles. The minimum absolute atomic E-state index is 0.0289. The van der Waals surface area contributed by atoms with Gasteiger partial charge in [0.1, 0.15) is 5.82 Å². The van der Waals surface area contributed by atoms with Crippen LogP contribution in [0.5, 0.6) is 0 Å². The van der Waals surface area contributed by atoms with E-state index in [-0.39, 0.29) is 17.4 Å². The van der Waals surface area contributed by atoms with Gasteiger partial charge in [-0.3, -0.25) is 4.90 Å². The van der Waals surface area contributed by atoms with Crippen molar-refractivity contribution in [3.05, 3.63) is 35.6 Å². The smallest absolute Gasteiger partial charge is 0.127 e. The highest BCUT2D eigenvalue weighted by atomic mass is 19.1. The fraction of sp³-hybridized carbons (Fsp3) is 0.625. The van der Waals surface area contributed by atoms with E-state index < -0.39 is 0 Å². The van der Waals surface area contributed by atoms with Crippen molar-refractivity contribution in [2.75, 3.05) is 13.6 Å². The monoisotopic (exact) mass is 264 g/mol. The van der Waals surface area contributed by atoms with Gasteiger partial charge in [-0.05, 0) is 45.2 Å². The maximum atomic E-state index is 13.9. The number of halogens is 1. The molecular formula is C16H25FN2. The van der Waals surface area contributed by atoms with E-state index in [0.717, 1.165) is 18.4 Å². The molecule has 0 spiro atoms. The zero-order valence-corrected chi connectivity index (χ0v) is 12.2. The van der Waals surface area contributed by atoms with Gasteiger partial charge in [0, 0.05) is 23.7 Å². The third-order valence-corrected chi connectivity index (χ3v) is 4.90. The molecule has 0 bridgehead atoms. The molecule has 0 aliphatic heterocycles. The summed E-state index contributed by atoms with van der Waals surface area (Å²) in [5.74, 6) is 0.582. The summed E-state index contributed by atoms with van der Waals surface area (Å²) in [7, 11) is 2.09. The third-order valence-electron chi connectivity index (χ3n) is 4.90. The first-order valence-electron chi connectivity index (χ1n) is 7.17. The average Bonchev–Trinajstić information content (AvgIpc) is 2.80. The van der Waals surface area contributed by atoms with Crippen molar-refractivity contribution in [3.63, 3.8) is 0 Å². The fourth-order valence-corrected chi connectivity index (χ4v) is 3.45. The number of likely N-dealkylation sites (N-methyl/N-ethyl adjacent to an activating group) is 1. The van der Waals surface area contributed by atoms with Gasteiger partial charge in [-0.15, -0.1) is 0 Å². The summed E-state index contributed by atoms with van der Waals surface area (Å²) in [5, 5.41) is 0. The number of hydrogen-bond donors (Lipinski definition) is 1. The second-order valence-corrected chi connectivity index (χ2v) is 6.08. The molecule has 1 aromatic carbocycles. The number of nitrogens with two attached hydrogens (primary N) is 1. The van der Waals surface area contributed by atoms with Crippen molar-refractivity contribution in [2.24, 2.45) is 11.7 Å². The van der Waals surface area contributed by atoms with Crippen LogP contribution in [0.15, 0.2) is 24.3 Å². The van der Waals surface area contributed by atoms with Crippen LogP contribution in [0.3, 0.4) is 0 Å². The molecule has 19 heavy (non-hydrogen) atoms. The Labute approximate surface area is 115 Å². The maximum Gasteiger partial charge on any atom is 0.127 e. The topological polar surface area (TPSA) is 29.3 Å². The van der Waals surface area contributed by atoms with E-state index in [1.807, 2.05) is 12.1 Å². The van der Waals surface area contributed by atoms with E-state index in [0.29, 0.717) is 12.5 Å². The average molecular weight is 264 g/mol. The highest BCUT2D eigenvalue weighted by molar-refractivity contribution is 5.21. The van der Waals surface area contributed by atoms with Crippen LogP contribution < -0.4 is 5.73 Å². The van der Waals surface area contributed by atoms with E-state index >= 15 is 0 Å². The van der Waals surface area contributed by atoms with Gasteiger partial charge in [-0.2, -0.15) is 0 Å². The van der Waals surface area contributed by atoms with Crippen molar-refractivity contribution in [3.8, 4) is 0 Å². The molecule has 3 heteroatoms. The molecular weight excluding hydrogens is 239 g/mol. The molecule has 0 aromatic heterocycles. The molecule has 0 amide bonds. The van der Waals surface area contributed by atoms with Crippen molar-refractivity contribution >= 4 is 0 Å². The molecule has 1 aromatic rings. The molecule has 0 radical (unpaired) electrons. The summed E-state index contributed by atoms with van der Waals surface area (Å²) < 4.78 is 13.9. The van der Waals surface area contributed by atoms with E-state index in [4.69, 9.17) is 5.73 Å². The Hall–Kier alpha value is -0.930. The Kier molecular flexibility index (Phi) is 4.26. The summed E-state index contributed by atoms with van der Waals surface area (Å²) in [4.78, 5) is 2.29. The Morgan fingerprint density at radius 3 is 2.68 bits per heavy atom. The SMILES string of the molecule is CC1CCC(CN)(N(C)C(C)c2ccccc2F)C1. The summed E-state index contributed by atoms with van der Waals surface area (Å²) in [5.41, 5.74) is 6.84. The molecule has 0 heterocycles. The Bertz CT molecular complexity index is 435. The first-order valence-corrected chi connectivity index (χ1v) is 7.17. The first-order chi connectivity index (χ1) is 9.00. The largest absolute Gasteiger partial charge is 0.329 e. The van der Waals surface area contributed by atoms with Crippen LogP contribution >= 0.6 is 0 Å². The summed E-state index contributed by atoms with van der Waals surface area (Å²) in [6.07, 6.45) is 3.43. The number of nitrogens with zero attached hydrogens (tertiary/aromatic N) is 1. The van der Waals surface area contributed by atoms with Gasteiger partial charge in [0.05, 0.1) is 0 Å². The Morgan fingerprint density at radius 2 is 2.16 bits per heavy atom. The lowest BCUT2D eigenvalue weighted by Gasteiger charge is -2.42. The minimum Gasteiger partial charge on any atom is -0.329 e. The van der Waals surface area contributed by atoms with Crippen molar-refractivity contribution in [1.82, 2.24) is 4.90 Å². The minimum atomic E-state index is -0.125. The molecule has 3 unspecified atom stereocenters. The molecule has 1 saturated carbocycles. The lowest BCUT2D eigenvalue weighted by atomic mass is 9.91. The van der Waals surface area contributed by atoms with E-state index in [1.165, 1.54) is 12.5 Å².